The van der Waals surface area contributed by atoms with E-state index in [1.807, 2.05) is 36.7 Å². The summed E-state index contributed by atoms with van der Waals surface area (Å²) in [5.41, 5.74) is 2.67. The zero-order chi connectivity index (χ0) is 23.8. The van der Waals surface area contributed by atoms with E-state index in [1.54, 1.807) is 35.4 Å². The standard InChI is InChI=1S/C25H25N5O4/c1-16-22(17(2)30(27-16)21-9-4-5-10-26-21)28-11-13-29(14-12-28)24(31)19-15-18-7-6-8-20(33-3)23(18)34-25(19)32/h4-10,15H,11-14H2,1-3H3. The number of carbonyl (C=O) groups is 1. The first kappa shape index (κ1) is 21.7. The van der Waals surface area contributed by atoms with E-state index in [9.17, 15) is 9.59 Å². The molecule has 0 unspecified atom stereocenters. The molecule has 0 N–H and O–H groups in total. The molecule has 1 saturated heterocycles. The number of amides is 1. The first-order valence-electron chi connectivity index (χ1n) is 11.1. The lowest BCUT2D eigenvalue weighted by atomic mass is 10.1. The fraction of sp³-hybridized carbons (Fsp3) is 0.280. The van der Waals surface area contributed by atoms with Crippen molar-refractivity contribution in [3.05, 3.63) is 76.0 Å². The number of benzene rings is 1. The van der Waals surface area contributed by atoms with Crippen LogP contribution < -0.4 is 15.3 Å². The van der Waals surface area contributed by atoms with Crippen LogP contribution in [0.3, 0.4) is 0 Å². The van der Waals surface area contributed by atoms with Crippen LogP contribution in [-0.4, -0.2) is 58.9 Å². The van der Waals surface area contributed by atoms with Gasteiger partial charge in [0, 0.05) is 37.8 Å². The van der Waals surface area contributed by atoms with E-state index in [0.29, 0.717) is 42.9 Å². The molecule has 0 radical (unpaired) electrons. The number of rotatable bonds is 4. The lowest BCUT2D eigenvalue weighted by molar-refractivity contribution is 0.0742. The molecule has 1 fully saturated rings. The highest BCUT2D eigenvalue weighted by molar-refractivity contribution is 5.97. The number of aryl methyl sites for hydroxylation is 1. The predicted molar refractivity (Wildman–Crippen MR) is 128 cm³/mol. The Labute approximate surface area is 196 Å². The van der Waals surface area contributed by atoms with Gasteiger partial charge < -0.3 is 19.0 Å². The van der Waals surface area contributed by atoms with E-state index in [-0.39, 0.29) is 11.5 Å². The van der Waals surface area contributed by atoms with Gasteiger partial charge in [-0.25, -0.2) is 14.5 Å². The van der Waals surface area contributed by atoms with Gasteiger partial charge in [0.2, 0.25) is 0 Å². The fourth-order valence-corrected chi connectivity index (χ4v) is 4.53. The number of aromatic nitrogens is 3. The molecule has 3 aromatic heterocycles. The van der Waals surface area contributed by atoms with Gasteiger partial charge in [-0.15, -0.1) is 0 Å². The number of hydrogen-bond donors (Lipinski definition) is 0. The van der Waals surface area contributed by atoms with Crippen molar-refractivity contribution in [2.75, 3.05) is 38.2 Å². The van der Waals surface area contributed by atoms with Crippen LogP contribution in [0.2, 0.25) is 0 Å². The third kappa shape index (κ3) is 3.68. The number of hydrogen-bond acceptors (Lipinski definition) is 7. The Hall–Kier alpha value is -4.14. The van der Waals surface area contributed by atoms with Crippen molar-refractivity contribution in [2.45, 2.75) is 13.8 Å². The summed E-state index contributed by atoms with van der Waals surface area (Å²) in [6, 6.07) is 12.6. The molecule has 1 aromatic carbocycles. The van der Waals surface area contributed by atoms with Crippen molar-refractivity contribution in [1.29, 1.82) is 0 Å². The van der Waals surface area contributed by atoms with Crippen molar-refractivity contribution in [1.82, 2.24) is 19.7 Å². The van der Waals surface area contributed by atoms with Crippen LogP contribution in [0, 0.1) is 13.8 Å². The molecule has 9 heteroatoms. The first-order chi connectivity index (χ1) is 16.5. The number of para-hydroxylation sites is 1. The summed E-state index contributed by atoms with van der Waals surface area (Å²) in [6.07, 6.45) is 1.75. The van der Waals surface area contributed by atoms with Crippen molar-refractivity contribution in [2.24, 2.45) is 0 Å². The molecular weight excluding hydrogens is 434 g/mol. The van der Waals surface area contributed by atoms with Crippen LogP contribution in [0.15, 0.2) is 57.9 Å². The van der Waals surface area contributed by atoms with Gasteiger partial charge in [-0.2, -0.15) is 5.10 Å². The third-order valence-electron chi connectivity index (χ3n) is 6.18. The molecular formula is C25H25N5O4. The first-order valence-corrected chi connectivity index (χ1v) is 11.1. The molecule has 34 heavy (non-hydrogen) atoms. The second kappa shape index (κ2) is 8.66. The molecule has 0 aliphatic carbocycles. The number of anilines is 1. The van der Waals surface area contributed by atoms with Crippen LogP contribution in [-0.2, 0) is 0 Å². The van der Waals surface area contributed by atoms with Crippen LogP contribution in [0.4, 0.5) is 5.69 Å². The second-order valence-electron chi connectivity index (χ2n) is 8.22. The Morgan fingerprint density at radius 3 is 2.56 bits per heavy atom. The number of methoxy groups -OCH3 is 1. The van der Waals surface area contributed by atoms with Crippen molar-refractivity contribution >= 4 is 22.6 Å². The summed E-state index contributed by atoms with van der Waals surface area (Å²) >= 11 is 0. The average Bonchev–Trinajstić information content (AvgIpc) is 3.17. The minimum absolute atomic E-state index is 0.0320. The second-order valence-corrected chi connectivity index (χ2v) is 8.22. The van der Waals surface area contributed by atoms with Gasteiger partial charge in [0.05, 0.1) is 24.2 Å². The van der Waals surface area contributed by atoms with Crippen LogP contribution in [0.5, 0.6) is 5.75 Å². The Morgan fingerprint density at radius 1 is 1.06 bits per heavy atom. The molecule has 174 valence electrons. The number of piperazine rings is 1. The highest BCUT2D eigenvalue weighted by atomic mass is 16.5. The summed E-state index contributed by atoms with van der Waals surface area (Å²) in [5, 5.41) is 5.33. The molecule has 0 spiro atoms. The van der Waals surface area contributed by atoms with E-state index in [0.717, 1.165) is 22.9 Å². The Morgan fingerprint density at radius 2 is 1.85 bits per heavy atom. The van der Waals surface area contributed by atoms with Gasteiger partial charge >= 0.3 is 5.63 Å². The molecule has 0 bridgehead atoms. The average molecular weight is 460 g/mol. The number of fused-ring (bicyclic) bond motifs is 1. The van der Waals surface area contributed by atoms with Crippen LogP contribution >= 0.6 is 0 Å². The number of carbonyl (C=O) groups excluding carboxylic acids is 1. The van der Waals surface area contributed by atoms with Crippen molar-refractivity contribution in [3.63, 3.8) is 0 Å². The lowest BCUT2D eigenvalue weighted by Crippen LogP contribution is -2.49. The summed E-state index contributed by atoms with van der Waals surface area (Å²) in [4.78, 5) is 34.1. The lowest BCUT2D eigenvalue weighted by Gasteiger charge is -2.36. The van der Waals surface area contributed by atoms with Crippen molar-refractivity contribution < 1.29 is 13.9 Å². The highest BCUT2D eigenvalue weighted by Crippen LogP contribution is 2.28. The Bertz CT molecular complexity index is 1420. The zero-order valence-corrected chi connectivity index (χ0v) is 19.3. The number of ether oxygens (including phenoxy) is 1. The zero-order valence-electron chi connectivity index (χ0n) is 19.3. The maximum atomic E-state index is 13.2. The quantitative estimate of drug-likeness (QED) is 0.433. The molecule has 0 saturated carbocycles. The minimum atomic E-state index is -0.659. The maximum Gasteiger partial charge on any atom is 0.349 e. The minimum Gasteiger partial charge on any atom is -0.493 e. The molecule has 9 nitrogen and oxygen atoms in total. The fourth-order valence-electron chi connectivity index (χ4n) is 4.53. The van der Waals surface area contributed by atoms with Crippen LogP contribution in [0.25, 0.3) is 16.8 Å². The predicted octanol–water partition coefficient (Wildman–Crippen LogP) is 2.96. The van der Waals surface area contributed by atoms with Crippen LogP contribution in [0.1, 0.15) is 21.7 Å². The molecule has 4 aromatic rings. The highest BCUT2D eigenvalue weighted by Gasteiger charge is 2.28. The number of nitrogens with zero attached hydrogens (tertiary/aromatic N) is 5. The van der Waals surface area contributed by atoms with E-state index in [4.69, 9.17) is 9.15 Å². The van der Waals surface area contributed by atoms with Gasteiger partial charge in [-0.05, 0) is 38.1 Å². The Kier molecular flexibility index (Phi) is 5.53. The molecule has 1 amide bonds. The maximum absolute atomic E-state index is 13.2. The SMILES string of the molecule is COc1cccc2cc(C(=O)N3CCN(c4c(C)nn(-c5ccccn5)c4C)CC3)c(=O)oc12. The number of pyridine rings is 1. The monoisotopic (exact) mass is 459 g/mol. The van der Waals surface area contributed by atoms with E-state index in [2.05, 4.69) is 15.0 Å². The third-order valence-corrected chi connectivity index (χ3v) is 6.18. The summed E-state index contributed by atoms with van der Waals surface area (Å²) in [7, 11) is 1.51. The van der Waals surface area contributed by atoms with Gasteiger partial charge in [0.1, 0.15) is 5.56 Å². The Balaban J connectivity index is 1.35. The van der Waals surface area contributed by atoms with Gasteiger partial charge in [-0.3, -0.25) is 4.79 Å². The molecule has 0 atom stereocenters. The van der Waals surface area contributed by atoms with E-state index < -0.39 is 5.63 Å². The summed E-state index contributed by atoms with van der Waals surface area (Å²) < 4.78 is 12.5. The smallest absolute Gasteiger partial charge is 0.349 e. The topological polar surface area (TPSA) is 93.7 Å². The molecule has 1 aliphatic heterocycles. The van der Waals surface area contributed by atoms with E-state index in [1.165, 1.54) is 7.11 Å². The van der Waals surface area contributed by atoms with Gasteiger partial charge in [0.15, 0.2) is 17.2 Å². The summed E-state index contributed by atoms with van der Waals surface area (Å²) in [5.74, 6) is 0.901. The largest absolute Gasteiger partial charge is 0.493 e. The summed E-state index contributed by atoms with van der Waals surface area (Å²) in [6.45, 7) is 6.25. The van der Waals surface area contributed by atoms with E-state index >= 15 is 0 Å². The molecule has 1 aliphatic rings. The van der Waals surface area contributed by atoms with Gasteiger partial charge in [-0.1, -0.05) is 18.2 Å². The molecule has 4 heterocycles. The normalized spacial score (nSPS) is 14.0. The van der Waals surface area contributed by atoms with Crippen molar-refractivity contribution in [3.8, 4) is 11.6 Å². The van der Waals surface area contributed by atoms with Gasteiger partial charge in [0.25, 0.3) is 5.91 Å². The molecule has 5 rings (SSSR count).